The Balaban J connectivity index is 4.27. The lowest BCUT2D eigenvalue weighted by molar-refractivity contribution is -0.144. The summed E-state index contributed by atoms with van der Waals surface area (Å²) in [7, 11) is 0. The quantitative estimate of drug-likeness (QED) is 0.329. The summed E-state index contributed by atoms with van der Waals surface area (Å²) >= 11 is 0. The number of ether oxygens (including phenoxy) is 1. The van der Waals surface area contributed by atoms with E-state index in [0.29, 0.717) is 6.42 Å². The van der Waals surface area contributed by atoms with Gasteiger partial charge in [0, 0.05) is 6.92 Å². The van der Waals surface area contributed by atoms with Gasteiger partial charge in [-0.1, -0.05) is 52.0 Å². The van der Waals surface area contributed by atoms with E-state index in [1.54, 1.807) is 12.2 Å². The van der Waals surface area contributed by atoms with Gasteiger partial charge in [-0.05, 0) is 25.3 Å². The average Bonchev–Trinajstić information content (AvgIpc) is 2.44. The molecule has 4 nitrogen and oxygen atoms in total. The van der Waals surface area contributed by atoms with Crippen LogP contribution in [0.1, 0.15) is 72.1 Å². The van der Waals surface area contributed by atoms with E-state index in [1.807, 2.05) is 0 Å². The number of esters is 1. The molecule has 0 unspecified atom stereocenters. The molecule has 0 saturated carbocycles. The number of hydrogen-bond donors (Lipinski definition) is 2. The summed E-state index contributed by atoms with van der Waals surface area (Å²) in [6.07, 6.45) is 8.87. The van der Waals surface area contributed by atoms with Gasteiger partial charge in [-0.25, -0.2) is 0 Å². The molecule has 0 fully saturated rings. The summed E-state index contributed by atoms with van der Waals surface area (Å²) in [6, 6.07) is 0. The van der Waals surface area contributed by atoms with Crippen molar-refractivity contribution in [3.63, 3.8) is 0 Å². The maximum absolute atomic E-state index is 11.1. The third-order valence-corrected chi connectivity index (χ3v) is 3.43. The topological polar surface area (TPSA) is 66.8 Å². The number of rotatable bonds is 12. The molecular formula is C17H32O4. The predicted octanol–water partition coefficient (Wildman–Crippen LogP) is 3.36. The molecule has 0 amide bonds. The fourth-order valence-electron chi connectivity index (χ4n) is 2.14. The first-order chi connectivity index (χ1) is 10.0. The van der Waals surface area contributed by atoms with Crippen molar-refractivity contribution in [1.82, 2.24) is 0 Å². The number of carbonyl (C=O) groups is 1. The molecule has 0 rings (SSSR count). The van der Waals surface area contributed by atoms with E-state index in [0.717, 1.165) is 44.9 Å². The summed E-state index contributed by atoms with van der Waals surface area (Å²) < 4.78 is 5.21. The number of carbonyl (C=O) groups excluding carboxylic acids is 1. The summed E-state index contributed by atoms with van der Waals surface area (Å²) in [6.45, 7) is 5.60. The van der Waals surface area contributed by atoms with Crippen molar-refractivity contribution in [2.45, 2.75) is 90.4 Å². The van der Waals surface area contributed by atoms with Gasteiger partial charge in [0.05, 0.1) is 12.2 Å². The molecule has 0 aromatic carbocycles. The van der Waals surface area contributed by atoms with Crippen LogP contribution in [0.4, 0.5) is 0 Å². The van der Waals surface area contributed by atoms with Crippen LogP contribution >= 0.6 is 0 Å². The highest BCUT2D eigenvalue weighted by Crippen LogP contribution is 2.12. The number of aliphatic hydroxyl groups excluding tert-OH is 2. The Bertz CT molecular complexity index is 289. The van der Waals surface area contributed by atoms with Gasteiger partial charge in [-0.15, -0.1) is 0 Å². The van der Waals surface area contributed by atoms with Crippen LogP contribution in [0.5, 0.6) is 0 Å². The minimum Gasteiger partial charge on any atom is -0.458 e. The Kier molecular flexibility index (Phi) is 12.3. The van der Waals surface area contributed by atoms with Crippen LogP contribution in [0.2, 0.25) is 0 Å². The maximum Gasteiger partial charge on any atom is 0.303 e. The molecule has 3 atom stereocenters. The van der Waals surface area contributed by atoms with Crippen molar-refractivity contribution < 1.29 is 19.7 Å². The summed E-state index contributed by atoms with van der Waals surface area (Å²) in [5, 5.41) is 19.7. The second-order valence-corrected chi connectivity index (χ2v) is 5.58. The van der Waals surface area contributed by atoms with Gasteiger partial charge in [0.1, 0.15) is 6.10 Å². The second-order valence-electron chi connectivity index (χ2n) is 5.58. The molecule has 0 aromatic heterocycles. The zero-order chi connectivity index (χ0) is 16.1. The highest BCUT2D eigenvalue weighted by molar-refractivity contribution is 5.66. The number of hydrogen-bond acceptors (Lipinski definition) is 4. The number of aliphatic hydroxyl groups is 2. The Labute approximate surface area is 129 Å². The molecule has 2 N–H and O–H groups in total. The number of unbranched alkanes of at least 4 members (excludes halogenated alkanes) is 4. The lowest BCUT2D eigenvalue weighted by Crippen LogP contribution is -2.24. The molecule has 0 bridgehead atoms. The van der Waals surface area contributed by atoms with Gasteiger partial charge in [0.2, 0.25) is 0 Å². The van der Waals surface area contributed by atoms with Crippen molar-refractivity contribution in [3.05, 3.63) is 12.2 Å². The minimum atomic E-state index is -0.897. The van der Waals surface area contributed by atoms with Gasteiger partial charge in [0.25, 0.3) is 0 Å². The van der Waals surface area contributed by atoms with E-state index < -0.39 is 12.2 Å². The molecule has 0 spiro atoms. The molecule has 0 aliphatic rings. The zero-order valence-electron chi connectivity index (χ0n) is 13.8. The Hall–Kier alpha value is -0.870. The average molecular weight is 300 g/mol. The van der Waals surface area contributed by atoms with Gasteiger partial charge in [0.15, 0.2) is 0 Å². The standard InChI is InChI=1S/C17H32O4/c1-4-6-8-10-15(21-14(3)18)12-13-17(20)16(19)11-9-7-5-2/h12-13,15-17,19-20H,4-11H2,1-3H3/b13-12+/t15-,16+,17+/m0/s1. The van der Waals surface area contributed by atoms with Crippen molar-refractivity contribution in [2.24, 2.45) is 0 Å². The van der Waals surface area contributed by atoms with Crippen molar-refractivity contribution in [1.29, 1.82) is 0 Å². The normalized spacial score (nSPS) is 15.9. The van der Waals surface area contributed by atoms with Crippen LogP contribution in [-0.2, 0) is 9.53 Å². The SMILES string of the molecule is CCCCC[C@@H](/C=C/[C@@H](O)[C@H](O)CCCCC)OC(C)=O. The van der Waals surface area contributed by atoms with Gasteiger partial charge < -0.3 is 14.9 Å². The predicted molar refractivity (Wildman–Crippen MR) is 85.0 cm³/mol. The first kappa shape index (κ1) is 20.1. The van der Waals surface area contributed by atoms with Crippen molar-refractivity contribution in [2.75, 3.05) is 0 Å². The molecule has 0 aliphatic heterocycles. The Morgan fingerprint density at radius 2 is 1.57 bits per heavy atom. The molecular weight excluding hydrogens is 268 g/mol. The van der Waals surface area contributed by atoms with Gasteiger partial charge >= 0.3 is 5.97 Å². The van der Waals surface area contributed by atoms with Crippen LogP contribution in [0.15, 0.2) is 12.2 Å². The molecule has 21 heavy (non-hydrogen) atoms. The van der Waals surface area contributed by atoms with E-state index >= 15 is 0 Å². The smallest absolute Gasteiger partial charge is 0.303 e. The van der Waals surface area contributed by atoms with E-state index in [1.165, 1.54) is 6.92 Å². The zero-order valence-corrected chi connectivity index (χ0v) is 13.8. The first-order valence-electron chi connectivity index (χ1n) is 8.22. The van der Waals surface area contributed by atoms with Crippen LogP contribution in [0.25, 0.3) is 0 Å². The first-order valence-corrected chi connectivity index (χ1v) is 8.22. The lowest BCUT2D eigenvalue weighted by atomic mass is 10.0. The highest BCUT2D eigenvalue weighted by atomic mass is 16.5. The van der Waals surface area contributed by atoms with Gasteiger partial charge in [-0.2, -0.15) is 0 Å². The fraction of sp³-hybridized carbons (Fsp3) is 0.824. The van der Waals surface area contributed by atoms with Crippen LogP contribution in [-0.4, -0.2) is 34.5 Å². The summed E-state index contributed by atoms with van der Waals surface area (Å²) in [4.78, 5) is 11.1. The Morgan fingerprint density at radius 3 is 2.10 bits per heavy atom. The minimum absolute atomic E-state index is 0.313. The molecule has 0 radical (unpaired) electrons. The molecule has 0 aliphatic carbocycles. The summed E-state index contributed by atoms with van der Waals surface area (Å²) in [5.41, 5.74) is 0. The third kappa shape index (κ3) is 11.5. The summed E-state index contributed by atoms with van der Waals surface area (Å²) in [5.74, 6) is -0.320. The van der Waals surface area contributed by atoms with Crippen molar-refractivity contribution in [3.8, 4) is 0 Å². The molecule has 4 heteroatoms. The second kappa shape index (κ2) is 12.8. The molecule has 0 aromatic rings. The largest absolute Gasteiger partial charge is 0.458 e. The lowest BCUT2D eigenvalue weighted by Gasteiger charge is -2.16. The van der Waals surface area contributed by atoms with E-state index in [-0.39, 0.29) is 12.1 Å². The Morgan fingerprint density at radius 1 is 1.00 bits per heavy atom. The maximum atomic E-state index is 11.1. The van der Waals surface area contributed by atoms with Crippen LogP contribution in [0, 0.1) is 0 Å². The van der Waals surface area contributed by atoms with Gasteiger partial charge in [-0.3, -0.25) is 4.79 Å². The van der Waals surface area contributed by atoms with E-state index in [9.17, 15) is 15.0 Å². The van der Waals surface area contributed by atoms with Crippen LogP contribution < -0.4 is 0 Å². The highest BCUT2D eigenvalue weighted by Gasteiger charge is 2.14. The van der Waals surface area contributed by atoms with E-state index in [4.69, 9.17) is 4.74 Å². The van der Waals surface area contributed by atoms with Crippen LogP contribution in [0.3, 0.4) is 0 Å². The third-order valence-electron chi connectivity index (χ3n) is 3.43. The molecule has 0 heterocycles. The fourth-order valence-corrected chi connectivity index (χ4v) is 2.14. The molecule has 0 saturated heterocycles. The van der Waals surface area contributed by atoms with E-state index in [2.05, 4.69) is 13.8 Å². The monoisotopic (exact) mass is 300 g/mol. The molecule has 124 valence electrons. The van der Waals surface area contributed by atoms with Crippen molar-refractivity contribution >= 4 is 5.97 Å².